The third-order valence-corrected chi connectivity index (χ3v) is 9.05. The van der Waals surface area contributed by atoms with Gasteiger partial charge in [0.25, 0.3) is 0 Å². The van der Waals surface area contributed by atoms with Gasteiger partial charge in [-0.05, 0) is 70.5 Å². The maximum atomic E-state index is 15.2. The summed E-state index contributed by atoms with van der Waals surface area (Å²) in [6.07, 6.45) is 1.36. The number of halogens is 2. The van der Waals surface area contributed by atoms with Crippen molar-refractivity contribution >= 4 is 38.5 Å². The molecule has 0 unspecified atom stereocenters. The van der Waals surface area contributed by atoms with Crippen molar-refractivity contribution in [1.29, 1.82) is 0 Å². The Morgan fingerprint density at radius 3 is 2.59 bits per heavy atom. The van der Waals surface area contributed by atoms with E-state index in [2.05, 4.69) is 30.1 Å². The number of benzene rings is 2. The normalized spacial score (nSPS) is 16.6. The number of piperidine rings is 1. The van der Waals surface area contributed by atoms with Crippen LogP contribution in [-0.2, 0) is 20.5 Å². The van der Waals surface area contributed by atoms with E-state index in [0.717, 1.165) is 6.07 Å². The van der Waals surface area contributed by atoms with Crippen LogP contribution in [0.5, 0.6) is 11.6 Å². The van der Waals surface area contributed by atoms with E-state index in [0.29, 0.717) is 33.7 Å². The molecule has 3 aromatic heterocycles. The van der Waals surface area contributed by atoms with Crippen LogP contribution >= 0.6 is 0 Å². The summed E-state index contributed by atoms with van der Waals surface area (Å²) in [4.78, 5) is 27.4. The third kappa shape index (κ3) is 8.51. The highest BCUT2D eigenvalue weighted by atomic mass is 32.2. The summed E-state index contributed by atoms with van der Waals surface area (Å²) in [7, 11) is -4.08. The van der Waals surface area contributed by atoms with Gasteiger partial charge < -0.3 is 24.2 Å². The number of amides is 1. The molecule has 0 aliphatic carbocycles. The molecule has 0 bridgehead atoms. The Morgan fingerprint density at radius 2 is 1.84 bits per heavy atom. The summed E-state index contributed by atoms with van der Waals surface area (Å²) in [5.74, 6) is -0.139. The zero-order valence-electron chi connectivity index (χ0n) is 28.6. The van der Waals surface area contributed by atoms with Crippen LogP contribution in [0, 0.1) is 19.7 Å². The van der Waals surface area contributed by atoms with Crippen LogP contribution in [0.1, 0.15) is 44.2 Å². The molecule has 6 rings (SSSR count). The van der Waals surface area contributed by atoms with Gasteiger partial charge in [0.15, 0.2) is 0 Å². The van der Waals surface area contributed by atoms with Crippen molar-refractivity contribution in [2.75, 3.05) is 23.1 Å². The monoisotopic (exact) mass is 721 g/mol. The van der Waals surface area contributed by atoms with Crippen molar-refractivity contribution in [2.24, 2.45) is 0 Å². The predicted molar refractivity (Wildman–Crippen MR) is 186 cm³/mol. The molecule has 1 aliphatic rings. The van der Waals surface area contributed by atoms with Crippen LogP contribution in [0.4, 0.5) is 25.2 Å². The molecule has 4 heterocycles. The maximum Gasteiger partial charge on any atom is 0.410 e. The zero-order valence-corrected chi connectivity index (χ0v) is 29.4. The average molecular weight is 722 g/mol. The van der Waals surface area contributed by atoms with Gasteiger partial charge in [-0.3, -0.25) is 4.72 Å². The van der Waals surface area contributed by atoms with Crippen LogP contribution < -0.4 is 14.8 Å². The third-order valence-electron chi connectivity index (χ3n) is 7.86. The lowest BCUT2D eigenvalue weighted by molar-refractivity contribution is 0.0124. The largest absolute Gasteiger partial charge is 0.444 e. The number of aryl methyl sites for hydroxylation is 2. The summed E-state index contributed by atoms with van der Waals surface area (Å²) in [5.41, 5.74) is 0.826. The van der Waals surface area contributed by atoms with Gasteiger partial charge in [-0.15, -0.1) is 0 Å². The van der Waals surface area contributed by atoms with Gasteiger partial charge >= 0.3 is 6.09 Å². The van der Waals surface area contributed by atoms with Crippen molar-refractivity contribution in [1.82, 2.24) is 25.0 Å². The number of aromatic nitrogens is 4. The quantitative estimate of drug-likeness (QED) is 0.162. The number of alkyl halides is 1. The standard InChI is InChI=1S/C35H37F2N7O6S/c1-20-8-9-25-26(10-11-28(37)30(25)43-51(46,47)19-24-15-21(2)50-42-24)31(20)48-32-27(7-6-13-38-32)29-12-14-39-33(41-29)40-23-16-22(36)17-44(18-23)34(45)49-35(3,4)5/h6-15,22-23,43H,16-19H2,1-5H3,(H,39,40,41)/t22-,23-/m0/s1. The lowest BCUT2D eigenvalue weighted by Crippen LogP contribution is -2.51. The number of anilines is 2. The van der Waals surface area contributed by atoms with E-state index < -0.39 is 45.5 Å². The molecule has 0 radical (unpaired) electrons. The first kappa shape index (κ1) is 35.4. The molecule has 0 spiro atoms. The molecule has 51 heavy (non-hydrogen) atoms. The number of hydrogen-bond acceptors (Lipinski definition) is 11. The Bertz CT molecular complexity index is 2190. The SMILES string of the molecule is Cc1cc(CS(=O)(=O)Nc2c(F)ccc3c(Oc4ncccc4-c4ccnc(N[C@H]5C[C@H](F)CN(C(=O)OC(C)(C)C)C5)n4)c(C)ccc23)no1. The molecule has 2 aromatic carbocycles. The summed E-state index contributed by atoms with van der Waals surface area (Å²) in [6, 6.07) is 12.1. The van der Waals surface area contributed by atoms with Crippen molar-refractivity contribution in [3.63, 3.8) is 0 Å². The number of likely N-dealkylation sites (tertiary alicyclic amines) is 1. The fourth-order valence-corrected chi connectivity index (χ4v) is 6.83. The van der Waals surface area contributed by atoms with Crippen LogP contribution in [0.3, 0.4) is 0 Å². The number of carbonyl (C=O) groups excluding carboxylic acids is 1. The minimum Gasteiger partial charge on any atom is -0.444 e. The highest BCUT2D eigenvalue weighted by molar-refractivity contribution is 7.91. The zero-order chi connectivity index (χ0) is 36.5. The number of hydrogen-bond donors (Lipinski definition) is 2. The Hall–Kier alpha value is -5.38. The van der Waals surface area contributed by atoms with Gasteiger partial charge in [0.1, 0.15) is 40.5 Å². The van der Waals surface area contributed by atoms with Crippen LogP contribution in [-0.4, -0.2) is 70.4 Å². The van der Waals surface area contributed by atoms with Gasteiger partial charge in [-0.1, -0.05) is 17.3 Å². The summed E-state index contributed by atoms with van der Waals surface area (Å²) in [5, 5.41) is 7.57. The molecule has 1 amide bonds. The van der Waals surface area contributed by atoms with Gasteiger partial charge in [0, 0.05) is 48.2 Å². The van der Waals surface area contributed by atoms with E-state index in [1.165, 1.54) is 23.2 Å². The summed E-state index contributed by atoms with van der Waals surface area (Å²) >= 11 is 0. The smallest absolute Gasteiger partial charge is 0.410 e. The number of ether oxygens (including phenoxy) is 2. The average Bonchev–Trinajstić information content (AvgIpc) is 3.46. The number of sulfonamides is 1. The predicted octanol–water partition coefficient (Wildman–Crippen LogP) is 6.93. The first-order valence-corrected chi connectivity index (χ1v) is 17.8. The fourth-order valence-electron chi connectivity index (χ4n) is 5.71. The maximum absolute atomic E-state index is 15.2. The van der Waals surface area contributed by atoms with Crippen molar-refractivity contribution in [2.45, 2.75) is 64.6 Å². The molecule has 2 atom stereocenters. The minimum absolute atomic E-state index is 0.0690. The number of rotatable bonds is 9. The Balaban J connectivity index is 1.26. The molecular weight excluding hydrogens is 684 g/mol. The molecule has 2 N–H and O–H groups in total. The van der Waals surface area contributed by atoms with Crippen molar-refractivity contribution in [3.8, 4) is 22.9 Å². The van der Waals surface area contributed by atoms with E-state index >= 15 is 4.39 Å². The number of fused-ring (bicyclic) bond motifs is 1. The molecule has 13 nitrogen and oxygen atoms in total. The molecular formula is C35H37F2N7O6S. The van der Waals surface area contributed by atoms with Gasteiger partial charge in [-0.25, -0.2) is 36.9 Å². The van der Waals surface area contributed by atoms with E-state index in [1.807, 2.05) is 0 Å². The van der Waals surface area contributed by atoms with Gasteiger partial charge in [0.05, 0.1) is 23.5 Å². The lowest BCUT2D eigenvalue weighted by atomic mass is 10.0. The first-order chi connectivity index (χ1) is 24.1. The fraction of sp³-hybridized carbons (Fsp3) is 0.343. The van der Waals surface area contributed by atoms with Crippen LogP contribution in [0.2, 0.25) is 0 Å². The number of nitrogens with zero attached hydrogens (tertiary/aromatic N) is 5. The summed E-state index contributed by atoms with van der Waals surface area (Å²) < 4.78 is 75.2. The van der Waals surface area contributed by atoms with Crippen LogP contribution in [0.15, 0.2) is 65.4 Å². The molecule has 1 fully saturated rings. The van der Waals surface area contributed by atoms with Crippen molar-refractivity contribution in [3.05, 3.63) is 83.8 Å². The number of carbonyl (C=O) groups is 1. The van der Waals surface area contributed by atoms with Crippen molar-refractivity contribution < 1.29 is 36.0 Å². The molecule has 268 valence electrons. The van der Waals surface area contributed by atoms with E-state index in [4.69, 9.17) is 14.0 Å². The van der Waals surface area contributed by atoms with Crippen LogP contribution in [0.25, 0.3) is 22.0 Å². The summed E-state index contributed by atoms with van der Waals surface area (Å²) in [6.45, 7) is 8.82. The minimum atomic E-state index is -4.08. The molecule has 1 saturated heterocycles. The number of nitrogens with one attached hydrogen (secondary N) is 2. The highest BCUT2D eigenvalue weighted by Crippen LogP contribution is 2.40. The second-order valence-corrected chi connectivity index (χ2v) is 15.0. The highest BCUT2D eigenvalue weighted by Gasteiger charge is 2.33. The van der Waals surface area contributed by atoms with Gasteiger partial charge in [0.2, 0.25) is 21.9 Å². The lowest BCUT2D eigenvalue weighted by Gasteiger charge is -2.36. The second-order valence-electron chi connectivity index (χ2n) is 13.3. The van der Waals surface area contributed by atoms with E-state index in [9.17, 15) is 17.6 Å². The van der Waals surface area contributed by atoms with Gasteiger partial charge in [-0.2, -0.15) is 0 Å². The second kappa shape index (κ2) is 14.1. The van der Waals surface area contributed by atoms with E-state index in [-0.39, 0.29) is 48.1 Å². The number of pyridine rings is 1. The van der Waals surface area contributed by atoms with E-state index in [1.54, 1.807) is 71.1 Å². The Labute approximate surface area is 293 Å². The Kier molecular flexibility index (Phi) is 9.79. The molecule has 0 saturated carbocycles. The molecule has 5 aromatic rings. The first-order valence-electron chi connectivity index (χ1n) is 16.1. The topological polar surface area (TPSA) is 162 Å². The molecule has 16 heteroatoms. The Morgan fingerprint density at radius 1 is 1.06 bits per heavy atom. The molecule has 1 aliphatic heterocycles.